The number of hydrogen-bond acceptors (Lipinski definition) is 4. The van der Waals surface area contributed by atoms with E-state index in [0.29, 0.717) is 11.6 Å². The molecule has 0 saturated heterocycles. The summed E-state index contributed by atoms with van der Waals surface area (Å²) < 4.78 is 0. The van der Waals surface area contributed by atoms with E-state index in [1.54, 1.807) is 6.07 Å². The summed E-state index contributed by atoms with van der Waals surface area (Å²) in [6.07, 6.45) is 2.22. The molecular formula is C12H19N3O2. The van der Waals surface area contributed by atoms with Crippen LogP contribution in [0.3, 0.4) is 0 Å². The number of nitrogens with zero attached hydrogens (tertiary/aromatic N) is 1. The number of anilines is 2. The minimum absolute atomic E-state index is 0.0237. The molecule has 1 aromatic rings. The normalized spacial score (nSPS) is 10.5. The number of nitrogens with two attached hydrogens (primary N) is 1. The third-order valence-electron chi connectivity index (χ3n) is 2.98. The van der Waals surface area contributed by atoms with E-state index in [-0.39, 0.29) is 5.69 Å². The van der Waals surface area contributed by atoms with Crippen LogP contribution < -0.4 is 11.1 Å². The quantitative estimate of drug-likeness (QED) is 0.452. The maximum atomic E-state index is 10.6. The molecule has 0 bridgehead atoms. The van der Waals surface area contributed by atoms with Gasteiger partial charge in [0.2, 0.25) is 0 Å². The zero-order valence-corrected chi connectivity index (χ0v) is 10.3. The SMILES string of the molecule is CCC(CC)CNc1ccc([N+](=O)[O-])cc1N. The predicted octanol–water partition coefficient (Wildman–Crippen LogP) is 3.03. The molecule has 0 unspecified atom stereocenters. The van der Waals surface area contributed by atoms with Crippen molar-refractivity contribution in [1.29, 1.82) is 0 Å². The molecule has 94 valence electrons. The Labute approximate surface area is 101 Å². The Bertz CT molecular complexity index is 389. The van der Waals surface area contributed by atoms with E-state index < -0.39 is 4.92 Å². The maximum Gasteiger partial charge on any atom is 0.271 e. The maximum absolute atomic E-state index is 10.6. The van der Waals surface area contributed by atoms with Crippen molar-refractivity contribution in [3.05, 3.63) is 28.3 Å². The van der Waals surface area contributed by atoms with E-state index in [4.69, 9.17) is 5.73 Å². The van der Waals surface area contributed by atoms with Gasteiger partial charge in [-0.25, -0.2) is 0 Å². The largest absolute Gasteiger partial charge is 0.397 e. The van der Waals surface area contributed by atoms with Crippen LogP contribution in [0.15, 0.2) is 18.2 Å². The third-order valence-corrected chi connectivity index (χ3v) is 2.98. The lowest BCUT2D eigenvalue weighted by molar-refractivity contribution is -0.384. The fraction of sp³-hybridized carbons (Fsp3) is 0.500. The van der Waals surface area contributed by atoms with Gasteiger partial charge in [-0.05, 0) is 12.0 Å². The van der Waals surface area contributed by atoms with Crippen LogP contribution >= 0.6 is 0 Å². The minimum atomic E-state index is -0.443. The van der Waals surface area contributed by atoms with Gasteiger partial charge in [0.15, 0.2) is 0 Å². The number of nitrogens with one attached hydrogen (secondary N) is 1. The highest BCUT2D eigenvalue weighted by atomic mass is 16.6. The Morgan fingerprint density at radius 1 is 1.41 bits per heavy atom. The van der Waals surface area contributed by atoms with Crippen molar-refractivity contribution >= 4 is 17.1 Å². The van der Waals surface area contributed by atoms with Gasteiger partial charge in [-0.2, -0.15) is 0 Å². The molecule has 0 fully saturated rings. The summed E-state index contributed by atoms with van der Waals surface area (Å²) in [4.78, 5) is 10.1. The highest BCUT2D eigenvalue weighted by Crippen LogP contribution is 2.24. The first-order valence-electron chi connectivity index (χ1n) is 5.86. The predicted molar refractivity (Wildman–Crippen MR) is 70.1 cm³/mol. The van der Waals surface area contributed by atoms with Crippen molar-refractivity contribution in [3.8, 4) is 0 Å². The Kier molecular flexibility index (Phi) is 4.75. The fourth-order valence-corrected chi connectivity index (χ4v) is 1.66. The topological polar surface area (TPSA) is 81.2 Å². The van der Waals surface area contributed by atoms with Crippen LogP contribution in [0.5, 0.6) is 0 Å². The number of rotatable bonds is 6. The molecule has 0 saturated carbocycles. The standard InChI is InChI=1S/C12H19N3O2/c1-3-9(4-2)8-14-12-6-5-10(15(16)17)7-11(12)13/h5-7,9,14H,3-4,8,13H2,1-2H3. The van der Waals surface area contributed by atoms with Gasteiger partial charge in [-0.1, -0.05) is 26.7 Å². The first-order valence-corrected chi connectivity index (χ1v) is 5.86. The Balaban J connectivity index is 2.69. The number of nitrogen functional groups attached to an aromatic ring is 1. The highest BCUT2D eigenvalue weighted by molar-refractivity contribution is 5.69. The summed E-state index contributed by atoms with van der Waals surface area (Å²) in [7, 11) is 0. The lowest BCUT2D eigenvalue weighted by atomic mass is 10.0. The molecule has 0 aliphatic carbocycles. The molecule has 0 aliphatic heterocycles. The average Bonchev–Trinajstić information content (AvgIpc) is 2.31. The zero-order chi connectivity index (χ0) is 12.8. The summed E-state index contributed by atoms with van der Waals surface area (Å²) in [5.41, 5.74) is 6.97. The van der Waals surface area contributed by atoms with Gasteiger partial charge in [0.25, 0.3) is 5.69 Å². The summed E-state index contributed by atoms with van der Waals surface area (Å²) in [5.74, 6) is 0.601. The molecule has 1 aromatic carbocycles. The van der Waals surface area contributed by atoms with Crippen molar-refractivity contribution in [3.63, 3.8) is 0 Å². The molecule has 0 heterocycles. The minimum Gasteiger partial charge on any atom is -0.397 e. The smallest absolute Gasteiger partial charge is 0.271 e. The van der Waals surface area contributed by atoms with E-state index in [9.17, 15) is 10.1 Å². The third kappa shape index (κ3) is 3.62. The second-order valence-electron chi connectivity index (χ2n) is 4.09. The van der Waals surface area contributed by atoms with Gasteiger partial charge < -0.3 is 11.1 Å². The molecule has 3 N–H and O–H groups in total. The average molecular weight is 237 g/mol. The lowest BCUT2D eigenvalue weighted by Gasteiger charge is -2.15. The van der Waals surface area contributed by atoms with Crippen molar-refractivity contribution in [2.45, 2.75) is 26.7 Å². The first kappa shape index (κ1) is 13.3. The number of non-ortho nitro benzene ring substituents is 1. The molecule has 0 amide bonds. The molecule has 1 rings (SSSR count). The van der Waals surface area contributed by atoms with Gasteiger partial charge in [-0.15, -0.1) is 0 Å². The molecular weight excluding hydrogens is 218 g/mol. The lowest BCUT2D eigenvalue weighted by Crippen LogP contribution is -2.13. The van der Waals surface area contributed by atoms with Crippen molar-refractivity contribution < 1.29 is 4.92 Å². The van der Waals surface area contributed by atoms with Crippen LogP contribution in [-0.2, 0) is 0 Å². The van der Waals surface area contributed by atoms with Crippen molar-refractivity contribution in [2.24, 2.45) is 5.92 Å². The number of benzene rings is 1. The second kappa shape index (κ2) is 6.08. The Morgan fingerprint density at radius 3 is 2.53 bits per heavy atom. The molecule has 0 spiro atoms. The van der Waals surface area contributed by atoms with Crippen LogP contribution in [0.2, 0.25) is 0 Å². The zero-order valence-electron chi connectivity index (χ0n) is 10.3. The summed E-state index contributed by atoms with van der Waals surface area (Å²) in [6, 6.07) is 4.51. The highest BCUT2D eigenvalue weighted by Gasteiger charge is 2.09. The van der Waals surface area contributed by atoms with E-state index in [0.717, 1.165) is 25.1 Å². The van der Waals surface area contributed by atoms with Crippen molar-refractivity contribution in [1.82, 2.24) is 0 Å². The van der Waals surface area contributed by atoms with Crippen molar-refractivity contribution in [2.75, 3.05) is 17.6 Å². The molecule has 5 heteroatoms. The molecule has 0 radical (unpaired) electrons. The summed E-state index contributed by atoms with van der Waals surface area (Å²) in [6.45, 7) is 5.14. The van der Waals surface area contributed by atoms with Gasteiger partial charge in [-0.3, -0.25) is 10.1 Å². The molecule has 0 aromatic heterocycles. The fourth-order valence-electron chi connectivity index (χ4n) is 1.66. The Hall–Kier alpha value is -1.78. The Morgan fingerprint density at radius 2 is 2.06 bits per heavy atom. The van der Waals surface area contributed by atoms with Gasteiger partial charge in [0.1, 0.15) is 0 Å². The number of nitro groups is 1. The van der Waals surface area contributed by atoms with Crippen LogP contribution in [0.1, 0.15) is 26.7 Å². The van der Waals surface area contributed by atoms with E-state index in [2.05, 4.69) is 19.2 Å². The molecule has 17 heavy (non-hydrogen) atoms. The van der Waals surface area contributed by atoms with Crippen LogP contribution in [0.4, 0.5) is 17.1 Å². The van der Waals surface area contributed by atoms with Gasteiger partial charge in [0.05, 0.1) is 16.3 Å². The van der Waals surface area contributed by atoms with Crippen LogP contribution in [-0.4, -0.2) is 11.5 Å². The molecule has 5 nitrogen and oxygen atoms in total. The van der Waals surface area contributed by atoms with E-state index in [1.807, 2.05) is 0 Å². The van der Waals surface area contributed by atoms with E-state index >= 15 is 0 Å². The number of nitro benzene ring substituents is 1. The number of hydrogen-bond donors (Lipinski definition) is 2. The van der Waals surface area contributed by atoms with Gasteiger partial charge >= 0.3 is 0 Å². The van der Waals surface area contributed by atoms with Crippen LogP contribution in [0.25, 0.3) is 0 Å². The van der Waals surface area contributed by atoms with Crippen LogP contribution in [0, 0.1) is 16.0 Å². The molecule has 0 aliphatic rings. The molecule has 0 atom stereocenters. The summed E-state index contributed by atoms with van der Waals surface area (Å²) in [5, 5.41) is 13.8. The van der Waals surface area contributed by atoms with E-state index in [1.165, 1.54) is 12.1 Å². The first-order chi connectivity index (χ1) is 8.08. The summed E-state index contributed by atoms with van der Waals surface area (Å²) >= 11 is 0. The monoisotopic (exact) mass is 237 g/mol. The second-order valence-corrected chi connectivity index (χ2v) is 4.09. The van der Waals surface area contributed by atoms with Gasteiger partial charge in [0, 0.05) is 18.7 Å².